The molecular formula is C17H22N2O. The first-order valence-electron chi connectivity index (χ1n) is 7.19. The first-order valence-corrected chi connectivity index (χ1v) is 7.19. The molecule has 0 aliphatic heterocycles. The van der Waals surface area contributed by atoms with Crippen molar-refractivity contribution < 1.29 is 4.74 Å². The highest BCUT2D eigenvalue weighted by molar-refractivity contribution is 5.36. The average molecular weight is 270 g/mol. The van der Waals surface area contributed by atoms with E-state index in [0.717, 1.165) is 18.7 Å². The van der Waals surface area contributed by atoms with Gasteiger partial charge in [0.1, 0.15) is 5.75 Å². The van der Waals surface area contributed by atoms with E-state index in [9.17, 15) is 0 Å². The molecule has 0 aliphatic rings. The van der Waals surface area contributed by atoms with Gasteiger partial charge in [-0.2, -0.15) is 0 Å². The highest BCUT2D eigenvalue weighted by Gasteiger charge is 2.06. The van der Waals surface area contributed by atoms with Crippen molar-refractivity contribution in [1.82, 2.24) is 10.3 Å². The molecule has 0 amide bonds. The van der Waals surface area contributed by atoms with Crippen molar-refractivity contribution in [3.05, 3.63) is 53.7 Å². The van der Waals surface area contributed by atoms with Gasteiger partial charge in [0.25, 0.3) is 0 Å². The van der Waals surface area contributed by atoms with E-state index in [1.54, 1.807) is 0 Å². The van der Waals surface area contributed by atoms with Crippen molar-refractivity contribution in [3.8, 4) is 11.6 Å². The largest absolute Gasteiger partial charge is 0.439 e. The fourth-order valence-electron chi connectivity index (χ4n) is 2.14. The molecule has 1 unspecified atom stereocenters. The van der Waals surface area contributed by atoms with Crippen LogP contribution in [0, 0.1) is 0 Å². The number of rotatable bonds is 6. The summed E-state index contributed by atoms with van der Waals surface area (Å²) in [6.07, 6.45) is 2.82. The summed E-state index contributed by atoms with van der Waals surface area (Å²) in [5.74, 6) is 1.52. The lowest BCUT2D eigenvalue weighted by atomic mass is 10.1. The number of benzene rings is 1. The van der Waals surface area contributed by atoms with Gasteiger partial charge in [0.2, 0.25) is 5.88 Å². The minimum Gasteiger partial charge on any atom is -0.439 e. The summed E-state index contributed by atoms with van der Waals surface area (Å²) in [5, 5.41) is 3.37. The molecule has 2 rings (SSSR count). The maximum atomic E-state index is 5.86. The summed E-state index contributed by atoms with van der Waals surface area (Å²) in [7, 11) is 0. The lowest BCUT2D eigenvalue weighted by Gasteiger charge is -2.13. The number of nitrogens with one attached hydrogen (secondary N) is 1. The van der Waals surface area contributed by atoms with Gasteiger partial charge in [-0.05, 0) is 37.1 Å². The predicted octanol–water partition coefficient (Wildman–Crippen LogP) is 4.11. The van der Waals surface area contributed by atoms with Crippen molar-refractivity contribution in [2.75, 3.05) is 6.54 Å². The summed E-state index contributed by atoms with van der Waals surface area (Å²) in [6, 6.07) is 12.4. The van der Waals surface area contributed by atoms with Gasteiger partial charge >= 0.3 is 0 Å². The van der Waals surface area contributed by atoms with Crippen LogP contribution in [0.2, 0.25) is 0 Å². The smallest absolute Gasteiger partial charge is 0.219 e. The van der Waals surface area contributed by atoms with E-state index in [2.05, 4.69) is 43.2 Å². The molecule has 1 aromatic carbocycles. The molecule has 0 spiro atoms. The molecule has 0 fully saturated rings. The Kier molecular flexibility index (Phi) is 5.13. The van der Waals surface area contributed by atoms with Gasteiger partial charge in [-0.3, -0.25) is 0 Å². The molecule has 1 atom stereocenters. The lowest BCUT2D eigenvalue weighted by Crippen LogP contribution is -2.17. The molecule has 2 aromatic rings. The number of hydrogen-bond acceptors (Lipinski definition) is 3. The zero-order valence-corrected chi connectivity index (χ0v) is 12.4. The van der Waals surface area contributed by atoms with Crippen LogP contribution in [0.5, 0.6) is 11.6 Å². The number of para-hydroxylation sites is 1. The number of hydrogen-bond donors (Lipinski definition) is 1. The molecular weight excluding hydrogens is 248 g/mol. The van der Waals surface area contributed by atoms with Crippen LogP contribution in [-0.4, -0.2) is 11.5 Å². The Morgan fingerprint density at radius 1 is 1.15 bits per heavy atom. The van der Waals surface area contributed by atoms with Crippen LogP contribution in [0.25, 0.3) is 0 Å². The molecule has 3 nitrogen and oxygen atoms in total. The van der Waals surface area contributed by atoms with E-state index < -0.39 is 0 Å². The van der Waals surface area contributed by atoms with E-state index in [-0.39, 0.29) is 0 Å². The summed E-state index contributed by atoms with van der Waals surface area (Å²) in [5.41, 5.74) is 2.36. The Hall–Kier alpha value is -1.87. The monoisotopic (exact) mass is 270 g/mol. The zero-order chi connectivity index (χ0) is 14.4. The Labute approximate surface area is 121 Å². The van der Waals surface area contributed by atoms with Gasteiger partial charge < -0.3 is 10.1 Å². The summed E-state index contributed by atoms with van der Waals surface area (Å²) < 4.78 is 5.86. The van der Waals surface area contributed by atoms with Crippen LogP contribution in [0.1, 0.15) is 37.9 Å². The third-order valence-electron chi connectivity index (χ3n) is 3.34. The van der Waals surface area contributed by atoms with E-state index in [1.165, 1.54) is 11.1 Å². The second kappa shape index (κ2) is 7.06. The molecule has 0 aliphatic carbocycles. The Bertz CT molecular complexity index is 537. The summed E-state index contributed by atoms with van der Waals surface area (Å²) in [4.78, 5) is 4.39. The average Bonchev–Trinajstić information content (AvgIpc) is 2.49. The molecule has 106 valence electrons. The topological polar surface area (TPSA) is 34.1 Å². The van der Waals surface area contributed by atoms with Crippen molar-refractivity contribution in [1.29, 1.82) is 0 Å². The maximum Gasteiger partial charge on any atom is 0.219 e. The Balaban J connectivity index is 2.11. The van der Waals surface area contributed by atoms with Gasteiger partial charge in [-0.15, -0.1) is 0 Å². The third-order valence-corrected chi connectivity index (χ3v) is 3.34. The first-order chi connectivity index (χ1) is 9.74. The van der Waals surface area contributed by atoms with Crippen molar-refractivity contribution in [2.45, 2.75) is 33.2 Å². The fraction of sp³-hybridized carbons (Fsp3) is 0.353. The van der Waals surface area contributed by atoms with Crippen molar-refractivity contribution in [3.63, 3.8) is 0 Å². The molecule has 1 heterocycles. The number of pyridine rings is 1. The Morgan fingerprint density at radius 2 is 1.95 bits per heavy atom. The molecule has 0 saturated heterocycles. The second-order valence-corrected chi connectivity index (χ2v) is 4.77. The van der Waals surface area contributed by atoms with E-state index in [4.69, 9.17) is 4.74 Å². The number of aryl methyl sites for hydroxylation is 1. The van der Waals surface area contributed by atoms with E-state index >= 15 is 0 Å². The fourth-order valence-corrected chi connectivity index (χ4v) is 2.14. The predicted molar refractivity (Wildman–Crippen MR) is 82.2 cm³/mol. The van der Waals surface area contributed by atoms with E-state index in [1.807, 2.05) is 30.5 Å². The molecule has 1 aromatic heterocycles. The number of ether oxygens (including phenoxy) is 1. The van der Waals surface area contributed by atoms with Gasteiger partial charge in [-0.1, -0.05) is 38.1 Å². The quantitative estimate of drug-likeness (QED) is 0.857. The van der Waals surface area contributed by atoms with Gasteiger partial charge in [0, 0.05) is 18.3 Å². The first kappa shape index (κ1) is 14.5. The molecule has 0 bridgehead atoms. The SMILES string of the molecule is CCNC(C)c1ccc(Oc2ccccc2CC)nc1. The number of nitrogens with zero attached hydrogens (tertiary/aromatic N) is 1. The minimum atomic E-state index is 0.310. The second-order valence-electron chi connectivity index (χ2n) is 4.77. The van der Waals surface area contributed by atoms with Crippen LogP contribution in [0.3, 0.4) is 0 Å². The zero-order valence-electron chi connectivity index (χ0n) is 12.4. The van der Waals surface area contributed by atoms with Crippen molar-refractivity contribution >= 4 is 0 Å². The summed E-state index contributed by atoms with van der Waals surface area (Å²) in [6.45, 7) is 7.30. The standard InChI is InChI=1S/C17H22N2O/c1-4-14-8-6-7-9-16(14)20-17-11-10-15(12-19-17)13(3)18-5-2/h6-13,18H,4-5H2,1-3H3. The summed E-state index contributed by atoms with van der Waals surface area (Å²) >= 11 is 0. The van der Waals surface area contributed by atoms with Gasteiger partial charge in [0.05, 0.1) is 0 Å². The van der Waals surface area contributed by atoms with Crippen LogP contribution in [0.4, 0.5) is 0 Å². The molecule has 3 heteroatoms. The number of aromatic nitrogens is 1. The highest BCUT2D eigenvalue weighted by Crippen LogP contribution is 2.24. The van der Waals surface area contributed by atoms with Crippen LogP contribution in [-0.2, 0) is 6.42 Å². The molecule has 20 heavy (non-hydrogen) atoms. The molecule has 0 saturated carbocycles. The van der Waals surface area contributed by atoms with E-state index in [0.29, 0.717) is 11.9 Å². The molecule has 1 N–H and O–H groups in total. The normalized spacial score (nSPS) is 12.2. The van der Waals surface area contributed by atoms with Gasteiger partial charge in [-0.25, -0.2) is 4.98 Å². The lowest BCUT2D eigenvalue weighted by molar-refractivity contribution is 0.456. The van der Waals surface area contributed by atoms with Crippen molar-refractivity contribution in [2.24, 2.45) is 0 Å². The van der Waals surface area contributed by atoms with Gasteiger partial charge in [0.15, 0.2) is 0 Å². The Morgan fingerprint density at radius 3 is 2.60 bits per heavy atom. The van der Waals surface area contributed by atoms with Crippen LogP contribution >= 0.6 is 0 Å². The minimum absolute atomic E-state index is 0.310. The van der Waals surface area contributed by atoms with Crippen LogP contribution in [0.15, 0.2) is 42.6 Å². The molecule has 0 radical (unpaired) electrons. The third kappa shape index (κ3) is 3.58. The highest BCUT2D eigenvalue weighted by atomic mass is 16.5. The van der Waals surface area contributed by atoms with Crippen LogP contribution < -0.4 is 10.1 Å². The maximum absolute atomic E-state index is 5.86.